The standard InChI is InChI=1S/C27H31ClN4O4/c1-27(2,3)25(35)36-18-11-9-10-17(14-18)22(33)16-32(6)24(34)20-15-29-26(31(4)5)30-23(20)19-12-7-8-13-21(19)28/h7-15,22,33H,16H2,1-6H3. The number of benzene rings is 2. The van der Waals surface area contributed by atoms with Crippen molar-refractivity contribution in [3.63, 3.8) is 0 Å². The molecule has 0 bridgehead atoms. The Hall–Kier alpha value is -3.49. The number of halogens is 1. The highest BCUT2D eigenvalue weighted by atomic mass is 35.5. The van der Waals surface area contributed by atoms with Crippen molar-refractivity contribution in [3.05, 3.63) is 70.9 Å². The molecule has 0 saturated carbocycles. The smallest absolute Gasteiger partial charge is 0.316 e. The van der Waals surface area contributed by atoms with E-state index in [-0.39, 0.29) is 24.0 Å². The molecule has 36 heavy (non-hydrogen) atoms. The summed E-state index contributed by atoms with van der Waals surface area (Å²) in [6.45, 7) is 5.29. The largest absolute Gasteiger partial charge is 0.426 e. The van der Waals surface area contributed by atoms with Crippen LogP contribution < -0.4 is 9.64 Å². The second kappa shape index (κ2) is 11.1. The zero-order chi connectivity index (χ0) is 26.6. The van der Waals surface area contributed by atoms with Crippen molar-refractivity contribution in [2.45, 2.75) is 26.9 Å². The summed E-state index contributed by atoms with van der Waals surface area (Å²) in [5.74, 6) is 0.0132. The number of esters is 1. The van der Waals surface area contributed by atoms with Crippen LogP contribution in [0.1, 0.15) is 42.8 Å². The SMILES string of the molecule is CN(CC(O)c1cccc(OC(=O)C(C)(C)C)c1)C(=O)c1cnc(N(C)C)nc1-c1ccccc1Cl. The van der Waals surface area contributed by atoms with Crippen LogP contribution in [0.3, 0.4) is 0 Å². The highest BCUT2D eigenvalue weighted by molar-refractivity contribution is 6.33. The van der Waals surface area contributed by atoms with Crippen molar-refractivity contribution in [1.82, 2.24) is 14.9 Å². The Morgan fingerprint density at radius 2 is 1.78 bits per heavy atom. The molecule has 0 fully saturated rings. The van der Waals surface area contributed by atoms with Gasteiger partial charge in [-0.2, -0.15) is 0 Å². The maximum absolute atomic E-state index is 13.4. The van der Waals surface area contributed by atoms with Crippen LogP contribution in [0.25, 0.3) is 11.3 Å². The van der Waals surface area contributed by atoms with E-state index in [1.54, 1.807) is 75.2 Å². The number of aromatic nitrogens is 2. The maximum atomic E-state index is 13.4. The number of ether oxygens (including phenoxy) is 1. The van der Waals surface area contributed by atoms with Gasteiger partial charge in [0.15, 0.2) is 0 Å². The van der Waals surface area contributed by atoms with Gasteiger partial charge in [-0.15, -0.1) is 0 Å². The van der Waals surface area contributed by atoms with Crippen molar-refractivity contribution >= 4 is 29.4 Å². The Bertz CT molecular complexity index is 1260. The second-order valence-corrected chi connectivity index (χ2v) is 10.1. The summed E-state index contributed by atoms with van der Waals surface area (Å²) in [6, 6.07) is 13.8. The number of hydrogen-bond donors (Lipinski definition) is 1. The molecule has 0 aliphatic rings. The predicted octanol–water partition coefficient (Wildman–Crippen LogP) is 4.62. The maximum Gasteiger partial charge on any atom is 0.316 e. The highest BCUT2D eigenvalue weighted by Crippen LogP contribution is 2.31. The summed E-state index contributed by atoms with van der Waals surface area (Å²) in [5.41, 5.74) is 1.12. The first-order valence-corrected chi connectivity index (χ1v) is 11.8. The van der Waals surface area contributed by atoms with Crippen molar-refractivity contribution in [3.8, 4) is 17.0 Å². The Labute approximate surface area is 216 Å². The van der Waals surface area contributed by atoms with Crippen LogP contribution >= 0.6 is 11.6 Å². The van der Waals surface area contributed by atoms with E-state index in [9.17, 15) is 14.7 Å². The molecular weight excluding hydrogens is 480 g/mol. The number of likely N-dealkylation sites (N-methyl/N-ethyl adjacent to an activating group) is 1. The van der Waals surface area contributed by atoms with Gasteiger partial charge in [-0.3, -0.25) is 9.59 Å². The van der Waals surface area contributed by atoms with E-state index in [1.807, 2.05) is 20.2 Å². The monoisotopic (exact) mass is 510 g/mol. The number of nitrogens with zero attached hydrogens (tertiary/aromatic N) is 4. The molecule has 0 saturated heterocycles. The molecule has 9 heteroatoms. The van der Waals surface area contributed by atoms with Crippen molar-refractivity contribution < 1.29 is 19.4 Å². The van der Waals surface area contributed by atoms with Crippen LogP contribution in [-0.2, 0) is 4.79 Å². The number of carbonyl (C=O) groups is 2. The number of carbonyl (C=O) groups excluding carboxylic acids is 2. The second-order valence-electron chi connectivity index (χ2n) is 9.72. The molecule has 190 valence electrons. The Morgan fingerprint density at radius 1 is 1.08 bits per heavy atom. The molecule has 0 radical (unpaired) electrons. The van der Waals surface area contributed by atoms with E-state index in [0.29, 0.717) is 33.5 Å². The van der Waals surface area contributed by atoms with Crippen molar-refractivity contribution in [2.24, 2.45) is 5.41 Å². The van der Waals surface area contributed by atoms with Crippen LogP contribution in [0.2, 0.25) is 5.02 Å². The average Bonchev–Trinajstić information content (AvgIpc) is 2.83. The highest BCUT2D eigenvalue weighted by Gasteiger charge is 2.25. The molecule has 0 spiro atoms. The first kappa shape index (κ1) is 27.1. The Balaban J connectivity index is 1.84. The summed E-state index contributed by atoms with van der Waals surface area (Å²) in [6.07, 6.45) is 0.455. The van der Waals surface area contributed by atoms with E-state index < -0.39 is 11.5 Å². The van der Waals surface area contributed by atoms with Gasteiger partial charge in [0, 0.05) is 37.9 Å². The fourth-order valence-electron chi connectivity index (χ4n) is 3.30. The van der Waals surface area contributed by atoms with Gasteiger partial charge in [-0.05, 0) is 44.5 Å². The number of anilines is 1. The minimum atomic E-state index is -1.02. The molecule has 1 amide bonds. The Morgan fingerprint density at radius 3 is 2.42 bits per heavy atom. The number of rotatable bonds is 7. The molecule has 1 unspecified atom stereocenters. The first-order valence-electron chi connectivity index (χ1n) is 11.4. The van der Waals surface area contributed by atoms with Gasteiger partial charge in [-0.1, -0.05) is 41.9 Å². The predicted molar refractivity (Wildman–Crippen MR) is 140 cm³/mol. The molecule has 0 aliphatic heterocycles. The minimum Gasteiger partial charge on any atom is -0.426 e. The van der Waals surface area contributed by atoms with Crippen molar-refractivity contribution in [2.75, 3.05) is 32.6 Å². The first-order chi connectivity index (χ1) is 16.9. The van der Waals surface area contributed by atoms with Crippen LogP contribution in [-0.4, -0.2) is 59.5 Å². The third kappa shape index (κ3) is 6.38. The summed E-state index contributed by atoms with van der Waals surface area (Å²) in [4.78, 5) is 37.7. The van der Waals surface area contributed by atoms with Gasteiger partial charge in [0.1, 0.15) is 5.75 Å². The molecule has 1 aromatic heterocycles. The average molecular weight is 511 g/mol. The lowest BCUT2D eigenvalue weighted by molar-refractivity contribution is -0.143. The van der Waals surface area contributed by atoms with Crippen LogP contribution in [0, 0.1) is 5.41 Å². The molecule has 3 aromatic rings. The van der Waals surface area contributed by atoms with E-state index in [2.05, 4.69) is 9.97 Å². The molecule has 1 atom stereocenters. The van der Waals surface area contributed by atoms with E-state index in [1.165, 1.54) is 11.1 Å². The molecule has 3 rings (SSSR count). The summed E-state index contributed by atoms with van der Waals surface area (Å²) in [7, 11) is 5.20. The number of aliphatic hydroxyl groups is 1. The molecule has 2 aromatic carbocycles. The third-order valence-corrected chi connectivity index (χ3v) is 5.72. The van der Waals surface area contributed by atoms with Crippen LogP contribution in [0.15, 0.2) is 54.7 Å². The zero-order valence-corrected chi connectivity index (χ0v) is 22.1. The summed E-state index contributed by atoms with van der Waals surface area (Å²) in [5, 5.41) is 11.3. The van der Waals surface area contributed by atoms with Gasteiger partial charge in [0.25, 0.3) is 5.91 Å². The third-order valence-electron chi connectivity index (χ3n) is 5.39. The van der Waals surface area contributed by atoms with E-state index in [0.717, 1.165) is 0 Å². The number of aliphatic hydroxyl groups excluding tert-OH is 1. The molecule has 0 aliphatic carbocycles. The van der Waals surface area contributed by atoms with Gasteiger partial charge < -0.3 is 19.6 Å². The van der Waals surface area contributed by atoms with Gasteiger partial charge in [0.05, 0.1) is 29.3 Å². The quantitative estimate of drug-likeness (QED) is 0.366. The van der Waals surface area contributed by atoms with Crippen molar-refractivity contribution in [1.29, 1.82) is 0 Å². The fraction of sp³-hybridized carbons (Fsp3) is 0.333. The molecule has 8 nitrogen and oxygen atoms in total. The topological polar surface area (TPSA) is 95.9 Å². The number of amides is 1. The van der Waals surface area contributed by atoms with Crippen LogP contribution in [0.5, 0.6) is 5.75 Å². The number of hydrogen-bond acceptors (Lipinski definition) is 7. The lowest BCUT2D eigenvalue weighted by Gasteiger charge is -2.23. The van der Waals surface area contributed by atoms with Gasteiger partial charge in [0.2, 0.25) is 5.95 Å². The molecule has 1 N–H and O–H groups in total. The van der Waals surface area contributed by atoms with Gasteiger partial charge in [-0.25, -0.2) is 9.97 Å². The van der Waals surface area contributed by atoms with Gasteiger partial charge >= 0.3 is 5.97 Å². The normalized spacial score (nSPS) is 12.1. The fourth-order valence-corrected chi connectivity index (χ4v) is 3.53. The Kier molecular flexibility index (Phi) is 8.32. The van der Waals surface area contributed by atoms with Crippen LogP contribution in [0.4, 0.5) is 5.95 Å². The van der Waals surface area contributed by atoms with E-state index in [4.69, 9.17) is 16.3 Å². The summed E-state index contributed by atoms with van der Waals surface area (Å²) < 4.78 is 5.43. The lowest BCUT2D eigenvalue weighted by atomic mass is 9.97. The van der Waals surface area contributed by atoms with E-state index >= 15 is 0 Å². The molecular formula is C27H31ClN4O4. The molecule has 1 heterocycles. The zero-order valence-electron chi connectivity index (χ0n) is 21.3. The minimum absolute atomic E-state index is 0.00705. The lowest BCUT2D eigenvalue weighted by Crippen LogP contribution is -2.32. The summed E-state index contributed by atoms with van der Waals surface area (Å²) >= 11 is 6.42.